The average Bonchev–Trinajstić information content (AvgIpc) is 3.33. The largest absolute Gasteiger partial charge is 0.497 e. The van der Waals surface area contributed by atoms with Crippen molar-refractivity contribution in [3.63, 3.8) is 0 Å². The highest BCUT2D eigenvalue weighted by molar-refractivity contribution is 5.95. The minimum Gasteiger partial charge on any atom is -0.497 e. The molecule has 0 unspecified atom stereocenters. The number of rotatable bonds is 7. The molecule has 0 aliphatic heterocycles. The number of nitrogens with one attached hydrogen (secondary N) is 1. The number of imidazole rings is 1. The van der Waals surface area contributed by atoms with E-state index in [1.165, 1.54) is 12.8 Å². The Bertz CT molecular complexity index is 670. The fourth-order valence-electron chi connectivity index (χ4n) is 2.54. The summed E-state index contributed by atoms with van der Waals surface area (Å²) < 4.78 is 12.5. The average molecular weight is 315 g/mol. The van der Waals surface area contributed by atoms with Crippen molar-refractivity contribution in [3.8, 4) is 11.5 Å². The Morgan fingerprint density at radius 3 is 2.57 bits per heavy atom. The Morgan fingerprint density at radius 1 is 1.26 bits per heavy atom. The molecule has 0 bridgehead atoms. The van der Waals surface area contributed by atoms with Crippen LogP contribution in [0.25, 0.3) is 0 Å². The Balaban J connectivity index is 1.59. The molecule has 1 aliphatic carbocycles. The minimum atomic E-state index is -0.143. The van der Waals surface area contributed by atoms with Gasteiger partial charge < -0.3 is 19.4 Å². The van der Waals surface area contributed by atoms with Crippen LogP contribution < -0.4 is 14.8 Å². The van der Waals surface area contributed by atoms with Crippen molar-refractivity contribution in [1.29, 1.82) is 0 Å². The zero-order chi connectivity index (χ0) is 16.2. The lowest BCUT2D eigenvalue weighted by molar-refractivity contribution is 0.0951. The molecule has 2 aromatic rings. The molecule has 1 saturated carbocycles. The Kier molecular flexibility index (Phi) is 4.50. The SMILES string of the molecule is COc1cc(OC)cc(C(=O)NCCn2ccnc2C2CC2)c1. The highest BCUT2D eigenvalue weighted by Gasteiger charge is 2.27. The van der Waals surface area contributed by atoms with Crippen LogP contribution in [0.3, 0.4) is 0 Å². The maximum absolute atomic E-state index is 12.3. The topological polar surface area (TPSA) is 65.4 Å². The van der Waals surface area contributed by atoms with E-state index in [0.717, 1.165) is 12.4 Å². The molecule has 122 valence electrons. The van der Waals surface area contributed by atoms with Crippen molar-refractivity contribution < 1.29 is 14.3 Å². The lowest BCUT2D eigenvalue weighted by Gasteiger charge is -2.10. The van der Waals surface area contributed by atoms with Gasteiger partial charge in [0.1, 0.15) is 17.3 Å². The number of nitrogens with zero attached hydrogens (tertiary/aromatic N) is 2. The van der Waals surface area contributed by atoms with Gasteiger partial charge in [-0.15, -0.1) is 0 Å². The lowest BCUT2D eigenvalue weighted by Crippen LogP contribution is -2.27. The molecule has 0 atom stereocenters. The highest BCUT2D eigenvalue weighted by Crippen LogP contribution is 2.38. The van der Waals surface area contributed by atoms with Crippen LogP contribution in [0.5, 0.6) is 11.5 Å². The van der Waals surface area contributed by atoms with Crippen molar-refractivity contribution >= 4 is 5.91 Å². The second kappa shape index (κ2) is 6.73. The first-order valence-corrected chi connectivity index (χ1v) is 7.73. The molecule has 6 heteroatoms. The minimum absolute atomic E-state index is 0.143. The summed E-state index contributed by atoms with van der Waals surface area (Å²) in [6.45, 7) is 1.27. The molecule has 23 heavy (non-hydrogen) atoms. The fraction of sp³-hybridized carbons (Fsp3) is 0.412. The molecule has 3 rings (SSSR count). The number of aromatic nitrogens is 2. The molecule has 0 saturated heterocycles. The first-order valence-electron chi connectivity index (χ1n) is 7.73. The van der Waals surface area contributed by atoms with Gasteiger partial charge in [-0.3, -0.25) is 4.79 Å². The van der Waals surface area contributed by atoms with E-state index < -0.39 is 0 Å². The number of methoxy groups -OCH3 is 2. The summed E-state index contributed by atoms with van der Waals surface area (Å²) in [5.74, 6) is 2.78. The third kappa shape index (κ3) is 3.64. The third-order valence-electron chi connectivity index (χ3n) is 3.94. The van der Waals surface area contributed by atoms with Crippen LogP contribution in [-0.2, 0) is 6.54 Å². The number of carbonyl (C=O) groups is 1. The van der Waals surface area contributed by atoms with E-state index in [1.807, 2.05) is 12.4 Å². The molecule has 1 amide bonds. The Morgan fingerprint density at radius 2 is 1.96 bits per heavy atom. The zero-order valence-corrected chi connectivity index (χ0v) is 13.4. The van der Waals surface area contributed by atoms with Crippen LogP contribution in [0, 0.1) is 0 Å². The number of ether oxygens (including phenoxy) is 2. The Labute approximate surface area is 135 Å². The fourth-order valence-corrected chi connectivity index (χ4v) is 2.54. The standard InChI is InChI=1S/C17H21N3O3/c1-22-14-9-13(10-15(11-14)23-2)17(21)19-6-8-20-7-5-18-16(20)12-3-4-12/h5,7,9-12H,3-4,6,8H2,1-2H3,(H,19,21). The molecule has 6 nitrogen and oxygen atoms in total. The number of hydrogen-bond acceptors (Lipinski definition) is 4. The number of amides is 1. The molecule has 1 N–H and O–H groups in total. The maximum atomic E-state index is 12.3. The number of benzene rings is 1. The molecule has 1 aromatic carbocycles. The van der Waals surface area contributed by atoms with E-state index in [2.05, 4.69) is 14.9 Å². The highest BCUT2D eigenvalue weighted by atomic mass is 16.5. The van der Waals surface area contributed by atoms with Crippen LogP contribution in [0.2, 0.25) is 0 Å². The normalized spacial score (nSPS) is 13.7. The van der Waals surface area contributed by atoms with Gasteiger partial charge in [-0.1, -0.05) is 0 Å². The van der Waals surface area contributed by atoms with Gasteiger partial charge in [-0.05, 0) is 25.0 Å². The summed E-state index contributed by atoms with van der Waals surface area (Å²) in [4.78, 5) is 16.7. The van der Waals surface area contributed by atoms with Crippen LogP contribution in [0.15, 0.2) is 30.6 Å². The van der Waals surface area contributed by atoms with Gasteiger partial charge in [0, 0.05) is 43.0 Å². The second-order valence-corrected chi connectivity index (χ2v) is 5.61. The van der Waals surface area contributed by atoms with Crippen molar-refractivity contribution in [3.05, 3.63) is 42.0 Å². The predicted molar refractivity (Wildman–Crippen MR) is 86.1 cm³/mol. The molecular formula is C17H21N3O3. The molecule has 0 radical (unpaired) electrons. The van der Waals surface area contributed by atoms with Gasteiger partial charge >= 0.3 is 0 Å². The summed E-state index contributed by atoms with van der Waals surface area (Å²) in [7, 11) is 3.13. The van der Waals surface area contributed by atoms with Crippen molar-refractivity contribution in [2.24, 2.45) is 0 Å². The van der Waals surface area contributed by atoms with Gasteiger partial charge in [0.2, 0.25) is 0 Å². The molecule has 1 aromatic heterocycles. The Hall–Kier alpha value is -2.50. The first-order chi connectivity index (χ1) is 11.2. The smallest absolute Gasteiger partial charge is 0.251 e. The predicted octanol–water partition coefficient (Wildman–Crippen LogP) is 2.21. The van der Waals surface area contributed by atoms with E-state index in [-0.39, 0.29) is 5.91 Å². The van der Waals surface area contributed by atoms with E-state index in [4.69, 9.17) is 9.47 Å². The number of hydrogen-bond donors (Lipinski definition) is 1. The van der Waals surface area contributed by atoms with Crippen LogP contribution in [0.1, 0.15) is 34.9 Å². The van der Waals surface area contributed by atoms with Crippen LogP contribution in [-0.4, -0.2) is 36.2 Å². The van der Waals surface area contributed by atoms with Crippen LogP contribution >= 0.6 is 0 Å². The molecule has 1 heterocycles. The molecular weight excluding hydrogens is 294 g/mol. The van der Waals surface area contributed by atoms with Crippen molar-refractivity contribution in [2.45, 2.75) is 25.3 Å². The number of carbonyl (C=O) groups excluding carboxylic acids is 1. The van der Waals surface area contributed by atoms with Gasteiger partial charge in [-0.25, -0.2) is 4.98 Å². The summed E-state index contributed by atoms with van der Waals surface area (Å²) in [6, 6.07) is 5.14. The zero-order valence-electron chi connectivity index (χ0n) is 13.4. The van der Waals surface area contributed by atoms with Crippen LogP contribution in [0.4, 0.5) is 0 Å². The van der Waals surface area contributed by atoms with E-state index >= 15 is 0 Å². The van der Waals surface area contributed by atoms with E-state index in [9.17, 15) is 4.79 Å². The van der Waals surface area contributed by atoms with Crippen molar-refractivity contribution in [2.75, 3.05) is 20.8 Å². The van der Waals surface area contributed by atoms with Gasteiger partial charge in [0.05, 0.1) is 14.2 Å². The first kappa shape index (κ1) is 15.4. The van der Waals surface area contributed by atoms with Crippen molar-refractivity contribution in [1.82, 2.24) is 14.9 Å². The quantitative estimate of drug-likeness (QED) is 0.851. The third-order valence-corrected chi connectivity index (χ3v) is 3.94. The monoisotopic (exact) mass is 315 g/mol. The summed E-state index contributed by atoms with van der Waals surface area (Å²) in [6.07, 6.45) is 6.22. The second-order valence-electron chi connectivity index (χ2n) is 5.61. The lowest BCUT2D eigenvalue weighted by atomic mass is 10.2. The van der Waals surface area contributed by atoms with Gasteiger partial charge in [0.15, 0.2) is 0 Å². The summed E-state index contributed by atoms with van der Waals surface area (Å²) in [5, 5.41) is 2.93. The summed E-state index contributed by atoms with van der Waals surface area (Å²) >= 11 is 0. The molecule has 0 spiro atoms. The molecule has 1 aliphatic rings. The van der Waals surface area contributed by atoms with E-state index in [1.54, 1.807) is 32.4 Å². The summed E-state index contributed by atoms with van der Waals surface area (Å²) in [5.41, 5.74) is 0.522. The maximum Gasteiger partial charge on any atom is 0.251 e. The van der Waals surface area contributed by atoms with Gasteiger partial charge in [-0.2, -0.15) is 0 Å². The van der Waals surface area contributed by atoms with E-state index in [0.29, 0.717) is 29.5 Å². The van der Waals surface area contributed by atoms with Gasteiger partial charge in [0.25, 0.3) is 5.91 Å². The molecule has 1 fully saturated rings.